The number of benzene rings is 3. The maximum atomic E-state index is 13.0. The first kappa shape index (κ1) is 26.1. The van der Waals surface area contributed by atoms with Crippen molar-refractivity contribution in [3.05, 3.63) is 92.4 Å². The fraction of sp³-hybridized carbons (Fsp3) is 0.231. The van der Waals surface area contributed by atoms with Crippen molar-refractivity contribution in [2.24, 2.45) is 5.92 Å². The molecule has 1 aliphatic rings. The molecule has 3 aromatic carbocycles. The molecule has 2 unspecified atom stereocenters. The Kier molecular flexibility index (Phi) is 7.61. The molecule has 0 bridgehead atoms. The van der Waals surface area contributed by atoms with Gasteiger partial charge in [-0.1, -0.05) is 66.8 Å². The monoisotopic (exact) mass is 568 g/mol. The normalized spacial score (nSPS) is 18.3. The van der Waals surface area contributed by atoms with Gasteiger partial charge in [-0.2, -0.15) is 0 Å². The van der Waals surface area contributed by atoms with Crippen LogP contribution in [0.2, 0.25) is 15.1 Å². The molecular weight excluding hydrogens is 550 g/mol. The van der Waals surface area contributed by atoms with Crippen molar-refractivity contribution >= 4 is 81.2 Å². The number of carbonyl (C=O) groups is 2. The molecule has 1 saturated carbocycles. The van der Waals surface area contributed by atoms with Crippen molar-refractivity contribution in [1.82, 2.24) is 0 Å². The predicted molar refractivity (Wildman–Crippen MR) is 146 cm³/mol. The minimum absolute atomic E-state index is 0.222. The van der Waals surface area contributed by atoms with Gasteiger partial charge in [0.2, 0.25) is 5.91 Å². The second-order valence-electron chi connectivity index (χ2n) is 8.71. The molecule has 2 N–H and O–H groups in total. The average molecular weight is 571 g/mol. The highest BCUT2D eigenvalue weighted by Gasteiger charge is 2.67. The van der Waals surface area contributed by atoms with E-state index in [-0.39, 0.29) is 22.4 Å². The molecule has 4 rings (SSSR count). The summed E-state index contributed by atoms with van der Waals surface area (Å²) < 4.78 is -1.31. The van der Waals surface area contributed by atoms with Gasteiger partial charge in [-0.3, -0.25) is 9.59 Å². The number of halogens is 5. The largest absolute Gasteiger partial charge is 0.326 e. The van der Waals surface area contributed by atoms with E-state index in [0.29, 0.717) is 27.0 Å². The van der Waals surface area contributed by atoms with E-state index in [9.17, 15) is 9.59 Å². The number of hydrogen-bond acceptors (Lipinski definition) is 2. The van der Waals surface area contributed by atoms with Crippen LogP contribution in [-0.4, -0.2) is 16.1 Å². The van der Waals surface area contributed by atoms with Crippen LogP contribution in [0.3, 0.4) is 0 Å². The van der Waals surface area contributed by atoms with E-state index in [1.54, 1.807) is 30.3 Å². The Morgan fingerprint density at radius 3 is 2.20 bits per heavy atom. The van der Waals surface area contributed by atoms with Gasteiger partial charge in [0.25, 0.3) is 5.91 Å². The Bertz CT molecular complexity index is 1290. The molecule has 35 heavy (non-hydrogen) atoms. The van der Waals surface area contributed by atoms with Gasteiger partial charge in [0.05, 0.1) is 16.5 Å². The lowest BCUT2D eigenvalue weighted by Gasteiger charge is -2.15. The van der Waals surface area contributed by atoms with E-state index >= 15 is 0 Å². The summed E-state index contributed by atoms with van der Waals surface area (Å²) in [6.45, 7) is 4.09. The van der Waals surface area contributed by atoms with Gasteiger partial charge >= 0.3 is 0 Å². The Morgan fingerprint density at radius 2 is 1.54 bits per heavy atom. The summed E-state index contributed by atoms with van der Waals surface area (Å²) in [5.74, 6) is -1.77. The number of hydrogen-bond donors (Lipinski definition) is 2. The maximum Gasteiger partial charge on any atom is 0.257 e. The van der Waals surface area contributed by atoms with Gasteiger partial charge in [0.1, 0.15) is 4.33 Å². The molecule has 1 aliphatic carbocycles. The number of alkyl halides is 2. The lowest BCUT2D eigenvalue weighted by molar-refractivity contribution is -0.117. The molecule has 0 heterocycles. The summed E-state index contributed by atoms with van der Waals surface area (Å²) in [6.07, 6.45) is 0. The van der Waals surface area contributed by atoms with Crippen LogP contribution < -0.4 is 10.6 Å². The first-order valence-electron chi connectivity index (χ1n) is 10.8. The lowest BCUT2D eigenvalue weighted by Crippen LogP contribution is -2.18. The van der Waals surface area contributed by atoms with Crippen molar-refractivity contribution in [3.8, 4) is 0 Å². The summed E-state index contributed by atoms with van der Waals surface area (Å²) >= 11 is 31.4. The van der Waals surface area contributed by atoms with Crippen molar-refractivity contribution < 1.29 is 9.59 Å². The van der Waals surface area contributed by atoms with Crippen LogP contribution in [0.25, 0.3) is 0 Å². The first-order valence-corrected chi connectivity index (χ1v) is 12.7. The van der Waals surface area contributed by atoms with Crippen molar-refractivity contribution in [2.45, 2.75) is 30.0 Å². The fourth-order valence-electron chi connectivity index (χ4n) is 4.12. The average Bonchev–Trinajstić information content (AvgIpc) is 3.36. The Labute approximate surface area is 228 Å². The molecule has 1 fully saturated rings. The Morgan fingerprint density at radius 1 is 0.886 bits per heavy atom. The number of anilines is 2. The summed E-state index contributed by atoms with van der Waals surface area (Å²) in [6, 6.07) is 17.2. The first-order chi connectivity index (χ1) is 16.5. The zero-order valence-electron chi connectivity index (χ0n) is 18.7. The van der Waals surface area contributed by atoms with E-state index < -0.39 is 22.1 Å². The zero-order valence-corrected chi connectivity index (χ0v) is 22.5. The highest BCUT2D eigenvalue weighted by atomic mass is 35.5. The zero-order chi connectivity index (χ0) is 25.5. The second kappa shape index (κ2) is 10.2. The molecule has 9 heteroatoms. The van der Waals surface area contributed by atoms with Gasteiger partial charge < -0.3 is 10.6 Å². The molecule has 3 aromatic rings. The van der Waals surface area contributed by atoms with Crippen LogP contribution in [-0.2, 0) is 4.79 Å². The lowest BCUT2D eigenvalue weighted by atomic mass is 10.0. The van der Waals surface area contributed by atoms with Crippen LogP contribution in [0.1, 0.15) is 47.2 Å². The number of carbonyl (C=O) groups excluding carboxylic acids is 2. The minimum atomic E-state index is -1.31. The number of amides is 2. The molecule has 4 nitrogen and oxygen atoms in total. The van der Waals surface area contributed by atoms with Gasteiger partial charge in [-0.25, -0.2) is 0 Å². The van der Waals surface area contributed by atoms with Gasteiger partial charge in [0, 0.05) is 27.3 Å². The van der Waals surface area contributed by atoms with Crippen LogP contribution in [0.15, 0.2) is 60.7 Å². The molecule has 0 aliphatic heterocycles. The fourth-order valence-corrected chi connectivity index (χ4v) is 5.70. The third-order valence-electron chi connectivity index (χ3n) is 5.89. The van der Waals surface area contributed by atoms with Gasteiger partial charge in [0.15, 0.2) is 0 Å². The third-order valence-corrected chi connectivity index (χ3v) is 7.60. The molecule has 0 saturated heterocycles. The van der Waals surface area contributed by atoms with Crippen LogP contribution in [0, 0.1) is 5.92 Å². The van der Waals surface area contributed by atoms with Gasteiger partial charge in [-0.15, -0.1) is 23.2 Å². The minimum Gasteiger partial charge on any atom is -0.326 e. The molecule has 0 spiro atoms. The van der Waals surface area contributed by atoms with Crippen molar-refractivity contribution in [1.29, 1.82) is 0 Å². The summed E-state index contributed by atoms with van der Waals surface area (Å²) in [7, 11) is 0. The smallest absolute Gasteiger partial charge is 0.257 e. The standard InChI is InChI=1S/C26H21Cl5N2O2/c1-13(2)18-5-3-4-6-21(18)33-24(34)19-12-17(7-8-20(19)29)32-25(35)23-22(26(23,30)31)14-9-15(27)11-16(28)10-14/h3-13,22-23H,1-2H3,(H,32,35)(H,33,34). The molecule has 0 aromatic heterocycles. The molecule has 0 radical (unpaired) electrons. The van der Waals surface area contributed by atoms with E-state index in [1.165, 1.54) is 6.07 Å². The molecule has 2 atom stereocenters. The van der Waals surface area contributed by atoms with Crippen molar-refractivity contribution in [2.75, 3.05) is 10.6 Å². The second-order valence-corrected chi connectivity index (χ2v) is 11.4. The topological polar surface area (TPSA) is 58.2 Å². The predicted octanol–water partition coefficient (Wildman–Crippen LogP) is 8.55. The van der Waals surface area contributed by atoms with E-state index in [0.717, 1.165) is 5.56 Å². The SMILES string of the molecule is CC(C)c1ccccc1NC(=O)c1cc(NC(=O)C2C(c3cc(Cl)cc(Cl)c3)C2(Cl)Cl)ccc1Cl. The quantitative estimate of drug-likeness (QED) is 0.292. The third kappa shape index (κ3) is 5.58. The summed E-state index contributed by atoms with van der Waals surface area (Å²) in [5, 5.41) is 6.81. The summed E-state index contributed by atoms with van der Waals surface area (Å²) in [4.78, 5) is 26.1. The van der Waals surface area contributed by atoms with E-state index in [4.69, 9.17) is 58.0 Å². The van der Waals surface area contributed by atoms with Crippen molar-refractivity contribution in [3.63, 3.8) is 0 Å². The maximum absolute atomic E-state index is 13.0. The van der Waals surface area contributed by atoms with Crippen LogP contribution >= 0.6 is 58.0 Å². The Balaban J connectivity index is 1.52. The number of para-hydroxylation sites is 1. The van der Waals surface area contributed by atoms with Crippen LogP contribution in [0.5, 0.6) is 0 Å². The highest BCUT2D eigenvalue weighted by molar-refractivity contribution is 6.53. The number of nitrogens with one attached hydrogen (secondary N) is 2. The Hall–Kier alpha value is -1.95. The van der Waals surface area contributed by atoms with Gasteiger partial charge in [-0.05, 0) is 59.5 Å². The molecule has 182 valence electrons. The number of rotatable bonds is 6. The van der Waals surface area contributed by atoms with Crippen LogP contribution in [0.4, 0.5) is 11.4 Å². The van der Waals surface area contributed by atoms with E-state index in [1.807, 2.05) is 38.1 Å². The highest BCUT2D eigenvalue weighted by Crippen LogP contribution is 2.65. The molecular formula is C26H21Cl5N2O2. The molecule has 2 amide bonds. The van der Waals surface area contributed by atoms with E-state index in [2.05, 4.69) is 10.6 Å². The summed E-state index contributed by atoms with van der Waals surface area (Å²) in [5.41, 5.74) is 2.99.